The van der Waals surface area contributed by atoms with E-state index in [1.54, 1.807) is 0 Å². The average molecular weight is 834 g/mol. The molecule has 0 spiro atoms. The highest BCUT2D eigenvalue weighted by Crippen LogP contribution is 2.55. The van der Waals surface area contributed by atoms with Crippen molar-refractivity contribution >= 4 is 94.3 Å². The van der Waals surface area contributed by atoms with Crippen molar-refractivity contribution in [2.24, 2.45) is 0 Å². The smallest absolute Gasteiger partial charge is 0.0504 e. The highest BCUT2D eigenvalue weighted by Gasteiger charge is 2.38. The zero-order valence-corrected chi connectivity index (χ0v) is 36.8. The van der Waals surface area contributed by atoms with Crippen molar-refractivity contribution in [3.05, 3.63) is 247 Å². The van der Waals surface area contributed by atoms with Gasteiger partial charge in [-0.25, -0.2) is 0 Å². The highest BCUT2D eigenvalue weighted by atomic mass is 15.2. The predicted molar refractivity (Wildman–Crippen MR) is 277 cm³/mol. The van der Waals surface area contributed by atoms with E-state index < -0.39 is 5.41 Å². The van der Waals surface area contributed by atoms with Crippen LogP contribution in [-0.2, 0) is 5.41 Å². The minimum Gasteiger partial charge on any atom is -0.310 e. The van der Waals surface area contributed by atoms with E-state index >= 15 is 0 Å². The summed E-state index contributed by atoms with van der Waals surface area (Å²) in [5.74, 6) is 0. The average Bonchev–Trinajstić information content (AvgIpc) is 3.34. The molecule has 1 aliphatic rings. The van der Waals surface area contributed by atoms with Gasteiger partial charge >= 0.3 is 0 Å². The normalized spacial score (nSPS) is 12.9. The fraction of sp³-hybridized carbons (Fsp3) is 0.0645. The number of rotatable bonds is 7. The maximum absolute atomic E-state index is 2.46. The van der Waals surface area contributed by atoms with E-state index in [1.807, 2.05) is 0 Å². The van der Waals surface area contributed by atoms with Gasteiger partial charge in [0.25, 0.3) is 0 Å². The van der Waals surface area contributed by atoms with Crippen LogP contribution in [0.4, 0.5) is 51.2 Å². The third-order valence-electron chi connectivity index (χ3n) is 13.5. The second kappa shape index (κ2) is 15.3. The first-order valence-electron chi connectivity index (χ1n) is 22.6. The van der Waals surface area contributed by atoms with Crippen molar-refractivity contribution in [2.45, 2.75) is 26.2 Å². The van der Waals surface area contributed by atoms with Gasteiger partial charge in [0.1, 0.15) is 0 Å². The maximum atomic E-state index is 2.46. The number of anilines is 9. The molecule has 1 heterocycles. The Hall–Kier alpha value is -8.14. The summed E-state index contributed by atoms with van der Waals surface area (Å²) in [6, 6.07) is 85.0. The first-order valence-corrected chi connectivity index (χ1v) is 22.6. The van der Waals surface area contributed by atoms with Crippen molar-refractivity contribution in [1.82, 2.24) is 0 Å². The summed E-state index contributed by atoms with van der Waals surface area (Å²) in [7, 11) is 0. The number of hydrogen-bond acceptors (Lipinski definition) is 3. The van der Waals surface area contributed by atoms with Gasteiger partial charge in [-0.3, -0.25) is 0 Å². The number of benzene rings is 11. The molecule has 12 rings (SSSR count). The van der Waals surface area contributed by atoms with E-state index in [9.17, 15) is 0 Å². The van der Waals surface area contributed by atoms with E-state index in [1.165, 1.54) is 71.2 Å². The lowest BCUT2D eigenvalue weighted by atomic mass is 9.73. The van der Waals surface area contributed by atoms with Gasteiger partial charge in [-0.2, -0.15) is 0 Å². The molecule has 0 atom stereocenters. The fourth-order valence-corrected chi connectivity index (χ4v) is 10.2. The molecule has 310 valence electrons. The Morgan fingerprint density at radius 3 is 1.09 bits per heavy atom. The Bertz CT molecular complexity index is 3550. The van der Waals surface area contributed by atoms with Crippen molar-refractivity contribution in [2.75, 3.05) is 14.7 Å². The minimum atomic E-state index is -0.393. The predicted octanol–water partition coefficient (Wildman–Crippen LogP) is 17.7. The highest BCUT2D eigenvalue weighted by molar-refractivity contribution is 5.97. The molecular weight excluding hydrogens is 787 g/mol. The molecule has 3 heteroatoms. The Morgan fingerprint density at radius 1 is 0.308 bits per heavy atom. The molecule has 65 heavy (non-hydrogen) atoms. The molecule has 0 unspecified atom stereocenters. The maximum Gasteiger partial charge on any atom is 0.0504 e. The number of nitrogens with zero attached hydrogens (tertiary/aromatic N) is 3. The molecule has 0 fully saturated rings. The van der Waals surface area contributed by atoms with Crippen LogP contribution in [0.2, 0.25) is 0 Å². The summed E-state index contributed by atoms with van der Waals surface area (Å²) in [6.45, 7) is 6.97. The summed E-state index contributed by atoms with van der Waals surface area (Å²) in [5.41, 5.74) is 13.6. The van der Waals surface area contributed by atoms with Crippen LogP contribution in [0.5, 0.6) is 0 Å². The van der Waals surface area contributed by atoms with Crippen molar-refractivity contribution in [3.63, 3.8) is 0 Å². The van der Waals surface area contributed by atoms with Crippen LogP contribution in [0.3, 0.4) is 0 Å². The lowest BCUT2D eigenvalue weighted by molar-refractivity contribution is 0.632. The molecule has 0 N–H and O–H groups in total. The number of fused-ring (bicyclic) bond motifs is 6. The van der Waals surface area contributed by atoms with Gasteiger partial charge in [0.15, 0.2) is 0 Å². The Labute approximate surface area is 380 Å². The van der Waals surface area contributed by atoms with Gasteiger partial charge in [0.05, 0.1) is 11.4 Å². The Kier molecular flexibility index (Phi) is 9.06. The summed E-state index contributed by atoms with van der Waals surface area (Å²) >= 11 is 0. The SMILES string of the molecule is Cc1ccc2ccc(N(c3ccc4c(c3)C(C)(C)c3cc(N(c5ccc6ccccc6c5)c5ccc6ccccc6c5)ccc3N4c3ccccc3)c3ccc4ccccc4c3)cc2c1. The first kappa shape index (κ1) is 38.5. The number of hydrogen-bond donors (Lipinski definition) is 0. The quantitative estimate of drug-likeness (QED) is 0.158. The second-order valence-electron chi connectivity index (χ2n) is 18.0. The molecule has 0 bridgehead atoms. The van der Waals surface area contributed by atoms with E-state index in [0.29, 0.717) is 0 Å². The van der Waals surface area contributed by atoms with Gasteiger partial charge in [-0.1, -0.05) is 153 Å². The van der Waals surface area contributed by atoms with Crippen LogP contribution in [0.1, 0.15) is 30.5 Å². The largest absolute Gasteiger partial charge is 0.310 e. The molecule has 0 saturated carbocycles. The van der Waals surface area contributed by atoms with Crippen molar-refractivity contribution < 1.29 is 0 Å². The molecule has 0 radical (unpaired) electrons. The topological polar surface area (TPSA) is 9.72 Å². The molecule has 11 aromatic carbocycles. The lowest BCUT2D eigenvalue weighted by Gasteiger charge is -2.43. The van der Waals surface area contributed by atoms with Crippen LogP contribution >= 0.6 is 0 Å². The third kappa shape index (κ3) is 6.67. The molecular formula is C62H47N3. The monoisotopic (exact) mass is 833 g/mol. The van der Waals surface area contributed by atoms with E-state index in [4.69, 9.17) is 0 Å². The zero-order valence-electron chi connectivity index (χ0n) is 36.8. The molecule has 0 amide bonds. The fourth-order valence-electron chi connectivity index (χ4n) is 10.2. The Morgan fingerprint density at radius 2 is 0.646 bits per heavy atom. The summed E-state index contributed by atoms with van der Waals surface area (Å²) in [6.07, 6.45) is 0. The van der Waals surface area contributed by atoms with Gasteiger partial charge in [0.2, 0.25) is 0 Å². The molecule has 0 aromatic heterocycles. The molecule has 3 nitrogen and oxygen atoms in total. The Balaban J connectivity index is 1.06. The second-order valence-corrected chi connectivity index (χ2v) is 18.0. The van der Waals surface area contributed by atoms with Gasteiger partial charge < -0.3 is 14.7 Å². The molecule has 1 aliphatic heterocycles. The first-order chi connectivity index (χ1) is 31.9. The number of aryl methyl sites for hydroxylation is 1. The summed E-state index contributed by atoms with van der Waals surface area (Å²) in [5, 5.41) is 9.77. The van der Waals surface area contributed by atoms with Gasteiger partial charge in [-0.05, 0) is 158 Å². The standard InChI is InChI=1S/C62H47N3/c1-42-21-22-46-26-30-55(39-50(46)35-42)64(54-29-25-45-15-9-12-18-49(45)38-54)57-32-34-61-59(41-57)62(2,3)58-40-56(31-33-60(58)65(61)51-19-5-4-6-20-51)63(52-27-23-43-13-7-10-16-47(43)36-52)53-28-24-44-14-8-11-17-48(44)37-53/h4-41H,1-3H3. The van der Waals surface area contributed by atoms with Gasteiger partial charge in [-0.15, -0.1) is 0 Å². The van der Waals surface area contributed by atoms with E-state index in [0.717, 1.165) is 39.8 Å². The van der Waals surface area contributed by atoms with Crippen LogP contribution in [-0.4, -0.2) is 0 Å². The molecule has 11 aromatic rings. The minimum absolute atomic E-state index is 0.393. The van der Waals surface area contributed by atoms with Crippen LogP contribution in [0.15, 0.2) is 231 Å². The summed E-state index contributed by atoms with van der Waals surface area (Å²) in [4.78, 5) is 7.32. The zero-order chi connectivity index (χ0) is 43.6. The third-order valence-corrected chi connectivity index (χ3v) is 13.5. The summed E-state index contributed by atoms with van der Waals surface area (Å²) < 4.78 is 0. The lowest BCUT2D eigenvalue weighted by Crippen LogP contribution is -2.31. The van der Waals surface area contributed by atoms with Crippen molar-refractivity contribution in [3.8, 4) is 0 Å². The van der Waals surface area contributed by atoms with Gasteiger partial charge in [0, 0.05) is 45.2 Å². The van der Waals surface area contributed by atoms with Crippen molar-refractivity contribution in [1.29, 1.82) is 0 Å². The van der Waals surface area contributed by atoms with Crippen LogP contribution in [0, 0.1) is 6.92 Å². The van der Waals surface area contributed by atoms with E-state index in [2.05, 4.69) is 266 Å². The molecule has 0 saturated heterocycles. The van der Waals surface area contributed by atoms with Crippen LogP contribution < -0.4 is 14.7 Å². The van der Waals surface area contributed by atoms with E-state index in [-0.39, 0.29) is 0 Å². The number of para-hydroxylation sites is 1. The van der Waals surface area contributed by atoms with Crippen LogP contribution in [0.25, 0.3) is 43.1 Å². The molecule has 0 aliphatic carbocycles.